The lowest BCUT2D eigenvalue weighted by Gasteiger charge is -1.96. The van der Waals surface area contributed by atoms with Crippen molar-refractivity contribution in [3.8, 4) is 0 Å². The second-order valence-electron chi connectivity index (χ2n) is 1.72. The summed E-state index contributed by atoms with van der Waals surface area (Å²) in [6, 6.07) is 1.41. The van der Waals surface area contributed by atoms with Gasteiger partial charge in [-0.1, -0.05) is 0 Å². The third kappa shape index (κ3) is 3.09. The minimum Gasteiger partial charge on any atom is -0.256 e. The third-order valence-electron chi connectivity index (χ3n) is 1.01. The molecule has 0 aliphatic rings. The third-order valence-corrected chi connectivity index (χ3v) is 2.20. The van der Waals surface area contributed by atoms with Crippen molar-refractivity contribution in [1.29, 1.82) is 0 Å². The second-order valence-corrected chi connectivity index (χ2v) is 3.15. The Kier molecular flexibility index (Phi) is 5.29. The van der Waals surface area contributed by atoms with Gasteiger partial charge in [0.05, 0.1) is 17.8 Å². The van der Waals surface area contributed by atoms with Gasteiger partial charge in [-0.25, -0.2) is 4.39 Å². The summed E-state index contributed by atoms with van der Waals surface area (Å²) >= 11 is 7.49. The van der Waals surface area contributed by atoms with E-state index in [2.05, 4.69) is 4.98 Å². The van der Waals surface area contributed by atoms with Gasteiger partial charge in [-0.3, -0.25) is 4.98 Å². The van der Waals surface area contributed by atoms with E-state index in [0.29, 0.717) is 5.88 Å². The number of pyridine rings is 1. The number of aromatic nitrogens is 1. The molecule has 1 nitrogen and oxygen atoms in total. The molecule has 1 heterocycles. The Hall–Kier alpha value is 0.390. The molecule has 0 atom stereocenters. The fourth-order valence-corrected chi connectivity index (χ4v) is 1.61. The minimum atomic E-state index is -0.321. The first kappa shape index (κ1) is 11.4. The van der Waals surface area contributed by atoms with Crippen LogP contribution in [0, 0.1) is 9.39 Å². The summed E-state index contributed by atoms with van der Waals surface area (Å²) < 4.78 is 13.1. The highest BCUT2D eigenvalue weighted by Gasteiger charge is 1.99. The molecule has 0 aliphatic heterocycles. The molecule has 1 aromatic rings. The van der Waals surface area contributed by atoms with Crippen LogP contribution in [0.15, 0.2) is 12.3 Å². The first-order valence-electron chi connectivity index (χ1n) is 2.60. The van der Waals surface area contributed by atoms with E-state index in [9.17, 15) is 4.39 Å². The zero-order valence-electron chi connectivity index (χ0n) is 5.35. The lowest BCUT2D eigenvalue weighted by molar-refractivity contribution is 0.618. The summed E-state index contributed by atoms with van der Waals surface area (Å²) in [5, 5.41) is 0. The number of hydrogen-bond donors (Lipinski definition) is 0. The summed E-state index contributed by atoms with van der Waals surface area (Å²) in [5.41, 5.74) is 0.726. The number of halogens is 4. The fourth-order valence-electron chi connectivity index (χ4n) is 0.541. The first-order chi connectivity index (χ1) is 4.74. The van der Waals surface area contributed by atoms with Gasteiger partial charge in [0.15, 0.2) is 0 Å². The van der Waals surface area contributed by atoms with E-state index in [1.54, 1.807) is 0 Å². The van der Waals surface area contributed by atoms with Gasteiger partial charge in [0.2, 0.25) is 0 Å². The van der Waals surface area contributed by atoms with E-state index < -0.39 is 0 Å². The van der Waals surface area contributed by atoms with Crippen LogP contribution in [0.1, 0.15) is 5.69 Å². The van der Waals surface area contributed by atoms with E-state index in [-0.39, 0.29) is 18.2 Å². The zero-order valence-corrected chi connectivity index (χ0v) is 9.08. The van der Waals surface area contributed by atoms with Crippen LogP contribution >= 0.6 is 46.6 Å². The summed E-state index contributed by atoms with van der Waals surface area (Å²) in [5.74, 6) is 0.0108. The predicted octanol–water partition coefficient (Wildman–Crippen LogP) is 2.99. The standard InChI is InChI=1S/C6H4ClFIN.ClH/c7-2-6-5(9)1-4(8)3-10-6;/h1,3H,2H2;1H. The predicted molar refractivity (Wildman–Crippen MR) is 53.7 cm³/mol. The van der Waals surface area contributed by atoms with Crippen molar-refractivity contribution in [3.05, 3.63) is 27.3 Å². The lowest BCUT2D eigenvalue weighted by Crippen LogP contribution is -1.90. The maximum Gasteiger partial charge on any atom is 0.142 e. The van der Waals surface area contributed by atoms with Gasteiger partial charge in [0, 0.05) is 3.57 Å². The smallest absolute Gasteiger partial charge is 0.142 e. The molecular weight excluding hydrogens is 303 g/mol. The molecule has 0 bridgehead atoms. The summed E-state index contributed by atoms with van der Waals surface area (Å²) in [6.07, 6.45) is 1.17. The summed E-state index contributed by atoms with van der Waals surface area (Å²) in [7, 11) is 0. The van der Waals surface area contributed by atoms with E-state index in [1.165, 1.54) is 12.3 Å². The van der Waals surface area contributed by atoms with Crippen molar-refractivity contribution >= 4 is 46.6 Å². The van der Waals surface area contributed by atoms with E-state index in [4.69, 9.17) is 11.6 Å². The van der Waals surface area contributed by atoms with E-state index in [1.807, 2.05) is 22.6 Å². The maximum atomic E-state index is 12.4. The Bertz CT molecular complexity index is 244. The Morgan fingerprint density at radius 3 is 2.73 bits per heavy atom. The quantitative estimate of drug-likeness (QED) is 0.574. The van der Waals surface area contributed by atoms with Gasteiger partial charge in [0.1, 0.15) is 5.82 Å². The second kappa shape index (κ2) is 5.11. The van der Waals surface area contributed by atoms with Crippen LogP contribution in [0.2, 0.25) is 0 Å². The van der Waals surface area contributed by atoms with Crippen LogP contribution in [0.25, 0.3) is 0 Å². The molecule has 5 heteroatoms. The molecule has 0 aliphatic carbocycles. The Labute approximate surface area is 88.9 Å². The van der Waals surface area contributed by atoms with Crippen molar-refractivity contribution in [2.75, 3.05) is 0 Å². The van der Waals surface area contributed by atoms with Crippen LogP contribution in [-0.4, -0.2) is 4.98 Å². The van der Waals surface area contributed by atoms with E-state index >= 15 is 0 Å². The molecule has 0 radical (unpaired) electrons. The normalized spacial score (nSPS) is 9.00. The molecule has 0 amide bonds. The zero-order chi connectivity index (χ0) is 7.56. The summed E-state index contributed by atoms with van der Waals surface area (Å²) in [4.78, 5) is 3.78. The lowest BCUT2D eigenvalue weighted by atomic mass is 10.4. The number of alkyl halides is 1. The maximum absolute atomic E-state index is 12.4. The molecule has 0 N–H and O–H groups in total. The van der Waals surface area contributed by atoms with Crippen molar-refractivity contribution in [1.82, 2.24) is 4.98 Å². The fraction of sp³-hybridized carbons (Fsp3) is 0.167. The molecule has 1 aromatic heterocycles. The van der Waals surface area contributed by atoms with Crippen LogP contribution < -0.4 is 0 Å². The number of hydrogen-bond acceptors (Lipinski definition) is 1. The largest absolute Gasteiger partial charge is 0.256 e. The number of nitrogens with zero attached hydrogens (tertiary/aromatic N) is 1. The van der Waals surface area contributed by atoms with Crippen molar-refractivity contribution < 1.29 is 4.39 Å². The van der Waals surface area contributed by atoms with Crippen LogP contribution in [0.3, 0.4) is 0 Å². The average molecular weight is 308 g/mol. The average Bonchev–Trinajstić information content (AvgIpc) is 1.88. The monoisotopic (exact) mass is 307 g/mol. The molecule has 11 heavy (non-hydrogen) atoms. The van der Waals surface area contributed by atoms with Crippen LogP contribution in [0.5, 0.6) is 0 Å². The molecule has 62 valence electrons. The van der Waals surface area contributed by atoms with Crippen molar-refractivity contribution in [2.45, 2.75) is 5.88 Å². The Morgan fingerprint density at radius 2 is 2.27 bits per heavy atom. The Balaban J connectivity index is 0.000001000. The molecule has 0 aromatic carbocycles. The number of rotatable bonds is 1. The molecule has 0 unspecified atom stereocenters. The minimum absolute atomic E-state index is 0. The Morgan fingerprint density at radius 1 is 1.64 bits per heavy atom. The van der Waals surface area contributed by atoms with E-state index in [0.717, 1.165) is 9.26 Å². The van der Waals surface area contributed by atoms with Crippen LogP contribution in [-0.2, 0) is 5.88 Å². The van der Waals surface area contributed by atoms with Gasteiger partial charge in [-0.2, -0.15) is 0 Å². The molecule has 0 saturated heterocycles. The van der Waals surface area contributed by atoms with Gasteiger partial charge in [-0.15, -0.1) is 24.0 Å². The summed E-state index contributed by atoms with van der Waals surface area (Å²) in [6.45, 7) is 0. The van der Waals surface area contributed by atoms with Crippen molar-refractivity contribution in [3.63, 3.8) is 0 Å². The topological polar surface area (TPSA) is 12.9 Å². The van der Waals surface area contributed by atoms with Gasteiger partial charge in [0.25, 0.3) is 0 Å². The SMILES string of the molecule is Cl.Fc1cnc(CCl)c(I)c1. The molecule has 1 rings (SSSR count). The van der Waals surface area contributed by atoms with Crippen molar-refractivity contribution in [2.24, 2.45) is 0 Å². The molecule has 0 saturated carbocycles. The van der Waals surface area contributed by atoms with Gasteiger partial charge in [-0.05, 0) is 28.7 Å². The van der Waals surface area contributed by atoms with Gasteiger partial charge >= 0.3 is 0 Å². The highest BCUT2D eigenvalue weighted by Crippen LogP contribution is 2.12. The highest BCUT2D eigenvalue weighted by atomic mass is 127. The first-order valence-corrected chi connectivity index (χ1v) is 4.21. The molecular formula is C6H5Cl2FIN. The van der Waals surface area contributed by atoms with Crippen LogP contribution in [0.4, 0.5) is 4.39 Å². The molecule has 0 fully saturated rings. The highest BCUT2D eigenvalue weighted by molar-refractivity contribution is 14.1. The molecule has 0 spiro atoms. The van der Waals surface area contributed by atoms with Gasteiger partial charge < -0.3 is 0 Å².